The van der Waals surface area contributed by atoms with Crippen LogP contribution in [0.5, 0.6) is 0 Å². The molecule has 1 fully saturated rings. The second kappa shape index (κ2) is 11.3. The fraction of sp³-hybridized carbons (Fsp3) is 0.194. The van der Waals surface area contributed by atoms with E-state index in [1.165, 1.54) is 0 Å². The van der Waals surface area contributed by atoms with Crippen LogP contribution in [-0.4, -0.2) is 52.0 Å². The van der Waals surface area contributed by atoms with Gasteiger partial charge in [0.2, 0.25) is 5.91 Å². The van der Waals surface area contributed by atoms with Crippen molar-refractivity contribution < 1.29 is 4.79 Å². The Kier molecular flexibility index (Phi) is 7.07. The monoisotopic (exact) mass is 515 g/mol. The lowest BCUT2D eigenvalue weighted by molar-refractivity contribution is -0.116. The van der Waals surface area contributed by atoms with Crippen molar-refractivity contribution in [2.24, 2.45) is 0 Å². The summed E-state index contributed by atoms with van der Waals surface area (Å²) in [6, 6.07) is 24.1. The number of amides is 1. The van der Waals surface area contributed by atoms with E-state index in [2.05, 4.69) is 42.2 Å². The summed E-state index contributed by atoms with van der Waals surface area (Å²) in [7, 11) is 0. The largest absolute Gasteiger partial charge is 0.352 e. The van der Waals surface area contributed by atoms with Gasteiger partial charge in [-0.05, 0) is 47.4 Å². The molecule has 3 heterocycles. The number of aryl methyl sites for hydroxylation is 1. The van der Waals surface area contributed by atoms with Crippen LogP contribution in [0, 0.1) is 0 Å². The van der Waals surface area contributed by atoms with Gasteiger partial charge in [-0.1, -0.05) is 48.5 Å². The summed E-state index contributed by atoms with van der Waals surface area (Å²) >= 11 is 0. The molecule has 2 aromatic heterocycles. The maximum absolute atomic E-state index is 12.4. The van der Waals surface area contributed by atoms with E-state index in [1.807, 2.05) is 66.9 Å². The lowest BCUT2D eigenvalue weighted by Gasteiger charge is -2.35. The van der Waals surface area contributed by atoms with Crippen LogP contribution in [0.4, 0.5) is 17.3 Å². The lowest BCUT2D eigenvalue weighted by atomic mass is 10.0. The molecule has 1 aliphatic rings. The van der Waals surface area contributed by atoms with Crippen molar-refractivity contribution in [3.05, 3.63) is 103 Å². The molecular formula is C31H29N7O. The second-order valence-corrected chi connectivity index (χ2v) is 9.58. The van der Waals surface area contributed by atoms with E-state index >= 15 is 0 Å². The van der Waals surface area contributed by atoms with Crippen LogP contribution < -0.4 is 15.1 Å². The summed E-state index contributed by atoms with van der Waals surface area (Å²) in [6.45, 7) is 3.39. The number of piperazine rings is 1. The third kappa shape index (κ3) is 5.85. The Labute approximate surface area is 227 Å². The highest BCUT2D eigenvalue weighted by atomic mass is 16.1. The van der Waals surface area contributed by atoms with Gasteiger partial charge in [-0.25, -0.2) is 9.97 Å². The van der Waals surface area contributed by atoms with Crippen molar-refractivity contribution in [2.45, 2.75) is 12.8 Å². The smallest absolute Gasteiger partial charge is 0.224 e. The molecule has 3 aromatic carbocycles. The van der Waals surface area contributed by atoms with Crippen LogP contribution in [0.15, 0.2) is 97.6 Å². The maximum Gasteiger partial charge on any atom is 0.224 e. The number of aromatic nitrogens is 4. The van der Waals surface area contributed by atoms with Gasteiger partial charge < -0.3 is 15.1 Å². The Hall–Kier alpha value is -4.85. The molecule has 1 aliphatic heterocycles. The van der Waals surface area contributed by atoms with Gasteiger partial charge in [0.1, 0.15) is 11.6 Å². The van der Waals surface area contributed by atoms with Crippen LogP contribution >= 0.6 is 0 Å². The van der Waals surface area contributed by atoms with Gasteiger partial charge in [0.25, 0.3) is 0 Å². The van der Waals surface area contributed by atoms with Crippen molar-refractivity contribution in [1.82, 2.24) is 19.9 Å². The zero-order valence-corrected chi connectivity index (χ0v) is 21.6. The third-order valence-corrected chi connectivity index (χ3v) is 6.99. The van der Waals surface area contributed by atoms with Crippen LogP contribution in [-0.2, 0) is 11.2 Å². The molecular weight excluding hydrogens is 486 g/mol. The zero-order valence-electron chi connectivity index (χ0n) is 21.6. The minimum Gasteiger partial charge on any atom is -0.352 e. The van der Waals surface area contributed by atoms with Crippen molar-refractivity contribution in [1.29, 1.82) is 0 Å². The van der Waals surface area contributed by atoms with E-state index in [1.54, 1.807) is 18.6 Å². The molecule has 0 bridgehead atoms. The van der Waals surface area contributed by atoms with Crippen LogP contribution in [0.3, 0.4) is 0 Å². The number of hydrogen-bond acceptors (Lipinski definition) is 7. The average Bonchev–Trinajstić information content (AvgIpc) is 3.01. The van der Waals surface area contributed by atoms with Gasteiger partial charge in [-0.3, -0.25) is 14.8 Å². The molecule has 6 rings (SSSR count). The molecule has 8 nitrogen and oxygen atoms in total. The molecule has 0 spiro atoms. The molecule has 1 amide bonds. The standard InChI is InChI=1S/C31H29N7O/c39-31(13-6-23-4-2-1-3-5-23)35-26-10-7-24(8-11-26)25-9-12-27-28(20-25)36-30(22-34-27)38-18-16-37(17-19-38)29-21-32-14-15-33-29/h1-5,7-12,14-15,20-22H,6,13,16-19H2,(H,35,39). The number of nitrogens with one attached hydrogen (secondary N) is 1. The number of fused-ring (bicyclic) bond motifs is 1. The summed E-state index contributed by atoms with van der Waals surface area (Å²) in [6.07, 6.45) is 8.26. The first-order valence-electron chi connectivity index (χ1n) is 13.2. The molecule has 0 aliphatic carbocycles. The molecule has 5 aromatic rings. The van der Waals surface area contributed by atoms with E-state index in [0.29, 0.717) is 6.42 Å². The van der Waals surface area contributed by atoms with Crippen molar-refractivity contribution in [2.75, 3.05) is 41.3 Å². The first kappa shape index (κ1) is 24.5. The molecule has 0 radical (unpaired) electrons. The normalized spacial score (nSPS) is 13.4. The highest BCUT2D eigenvalue weighted by Crippen LogP contribution is 2.26. The van der Waals surface area contributed by atoms with Crippen LogP contribution in [0.1, 0.15) is 12.0 Å². The number of hydrogen-bond donors (Lipinski definition) is 1. The van der Waals surface area contributed by atoms with Crippen molar-refractivity contribution in [3.63, 3.8) is 0 Å². The number of carbonyl (C=O) groups is 1. The highest BCUT2D eigenvalue weighted by molar-refractivity contribution is 5.91. The minimum absolute atomic E-state index is 0.0117. The molecule has 1 N–H and O–H groups in total. The van der Waals surface area contributed by atoms with Gasteiger partial charge in [0.05, 0.1) is 23.4 Å². The van der Waals surface area contributed by atoms with E-state index in [-0.39, 0.29) is 5.91 Å². The zero-order chi connectivity index (χ0) is 26.4. The van der Waals surface area contributed by atoms with Gasteiger partial charge in [0.15, 0.2) is 0 Å². The number of nitrogens with zero attached hydrogens (tertiary/aromatic N) is 6. The predicted molar refractivity (Wildman–Crippen MR) is 155 cm³/mol. The number of carbonyl (C=O) groups excluding carboxylic acids is 1. The van der Waals surface area contributed by atoms with E-state index in [9.17, 15) is 4.79 Å². The van der Waals surface area contributed by atoms with Crippen molar-refractivity contribution in [3.8, 4) is 11.1 Å². The van der Waals surface area contributed by atoms with Crippen LogP contribution in [0.2, 0.25) is 0 Å². The minimum atomic E-state index is 0.0117. The van der Waals surface area contributed by atoms with E-state index < -0.39 is 0 Å². The summed E-state index contributed by atoms with van der Waals surface area (Å²) < 4.78 is 0. The van der Waals surface area contributed by atoms with Crippen LogP contribution in [0.25, 0.3) is 22.2 Å². The Bertz CT molecular complexity index is 1550. The molecule has 8 heteroatoms. The summed E-state index contributed by atoms with van der Waals surface area (Å²) in [5.74, 6) is 1.80. The Balaban J connectivity index is 1.10. The van der Waals surface area contributed by atoms with Gasteiger partial charge in [-0.2, -0.15) is 0 Å². The molecule has 39 heavy (non-hydrogen) atoms. The fourth-order valence-electron chi connectivity index (χ4n) is 4.82. The maximum atomic E-state index is 12.4. The number of anilines is 3. The number of rotatable bonds is 7. The summed E-state index contributed by atoms with van der Waals surface area (Å²) in [5.41, 5.74) is 5.80. The Morgan fingerprint density at radius 1 is 0.744 bits per heavy atom. The summed E-state index contributed by atoms with van der Waals surface area (Å²) in [5, 5.41) is 3.00. The second-order valence-electron chi connectivity index (χ2n) is 9.58. The summed E-state index contributed by atoms with van der Waals surface area (Å²) in [4.78, 5) is 35.1. The lowest BCUT2D eigenvalue weighted by Crippen LogP contribution is -2.47. The predicted octanol–water partition coefficient (Wildman–Crippen LogP) is 4.98. The van der Waals surface area contributed by atoms with Gasteiger partial charge >= 0.3 is 0 Å². The molecule has 1 saturated heterocycles. The van der Waals surface area contributed by atoms with E-state index in [4.69, 9.17) is 4.98 Å². The molecule has 0 saturated carbocycles. The third-order valence-electron chi connectivity index (χ3n) is 6.99. The van der Waals surface area contributed by atoms with Gasteiger partial charge in [0, 0.05) is 50.7 Å². The highest BCUT2D eigenvalue weighted by Gasteiger charge is 2.20. The fourth-order valence-corrected chi connectivity index (χ4v) is 4.82. The quantitative estimate of drug-likeness (QED) is 0.327. The Morgan fingerprint density at radius 3 is 2.23 bits per heavy atom. The number of benzene rings is 3. The Morgan fingerprint density at radius 2 is 1.49 bits per heavy atom. The first-order chi connectivity index (χ1) is 19.2. The molecule has 0 atom stereocenters. The SMILES string of the molecule is O=C(CCc1ccccc1)Nc1ccc(-c2ccc3ncc(N4CCN(c5cnccn5)CC4)nc3c2)cc1. The van der Waals surface area contributed by atoms with Gasteiger partial charge in [-0.15, -0.1) is 0 Å². The molecule has 194 valence electrons. The topological polar surface area (TPSA) is 87.1 Å². The molecule has 0 unspecified atom stereocenters. The van der Waals surface area contributed by atoms with E-state index in [0.717, 1.165) is 77.6 Å². The average molecular weight is 516 g/mol. The first-order valence-corrected chi connectivity index (χ1v) is 13.2. The van der Waals surface area contributed by atoms with Crippen molar-refractivity contribution >= 4 is 34.3 Å².